The van der Waals surface area contributed by atoms with Gasteiger partial charge in [0.25, 0.3) is 0 Å². The van der Waals surface area contributed by atoms with E-state index in [1.165, 1.54) is 15.6 Å². The van der Waals surface area contributed by atoms with Crippen LogP contribution in [-0.2, 0) is 20.4 Å². The number of nitrogens with zero attached hydrogens (tertiary/aromatic N) is 2. The van der Waals surface area contributed by atoms with E-state index in [4.69, 9.17) is 4.42 Å². The van der Waals surface area contributed by atoms with Gasteiger partial charge in [0.1, 0.15) is 25.4 Å². The van der Waals surface area contributed by atoms with Gasteiger partial charge in [-0.2, -0.15) is 42.5 Å². The summed E-state index contributed by atoms with van der Waals surface area (Å²) in [4.78, 5) is 6.65. The summed E-state index contributed by atoms with van der Waals surface area (Å²) in [7, 11) is -3.07. The molecular weight excluding hydrogens is 774 g/mol. The zero-order valence-electron chi connectivity index (χ0n) is 28.8. The van der Waals surface area contributed by atoms with Crippen LogP contribution in [-0.4, -0.2) is 13.1 Å². The Morgan fingerprint density at radius 3 is 2.09 bits per heavy atom. The van der Waals surface area contributed by atoms with E-state index in [1.807, 2.05) is 60.7 Å². The van der Waals surface area contributed by atoms with Crippen LogP contribution in [0, 0.1) is 18.2 Å². The first kappa shape index (κ1) is 33.9. The Balaban J connectivity index is 0.00000384. The zero-order valence-corrected chi connectivity index (χ0v) is 31.4. The number of pyridine rings is 1. The molecule has 0 bridgehead atoms. The van der Waals surface area contributed by atoms with Crippen LogP contribution in [0.2, 0.25) is 0 Å². The smallest absolute Gasteiger partial charge is 0.136 e. The Labute approximate surface area is 328 Å². The largest absolute Gasteiger partial charge is 0.456 e. The number of para-hydroxylation sites is 2. The first-order valence-corrected chi connectivity index (χ1v) is 19.7. The predicted molar refractivity (Wildman–Crippen MR) is 215 cm³/mol. The zero-order chi connectivity index (χ0) is 35.4. The molecule has 1 aliphatic rings. The van der Waals surface area contributed by atoms with Crippen LogP contribution in [0.3, 0.4) is 0 Å². The fourth-order valence-electron chi connectivity index (χ4n) is 8.12. The van der Waals surface area contributed by atoms with Crippen LogP contribution < -0.4 is 25.6 Å². The molecule has 6 heteroatoms. The van der Waals surface area contributed by atoms with Gasteiger partial charge in [-0.05, 0) is 30.0 Å². The van der Waals surface area contributed by atoms with Gasteiger partial charge in [0, 0.05) is 48.3 Å². The number of halogens is 1. The van der Waals surface area contributed by atoms with Gasteiger partial charge in [-0.25, -0.2) is 4.39 Å². The number of benzene rings is 7. The Bertz CT molecular complexity index is 2730. The van der Waals surface area contributed by atoms with Crippen molar-refractivity contribution < 1.29 is 29.2 Å². The summed E-state index contributed by atoms with van der Waals surface area (Å²) in [6, 6.07) is 68.0. The second kappa shape index (κ2) is 13.8. The third-order valence-corrected chi connectivity index (χ3v) is 15.2. The molecule has 9 aromatic rings. The topological polar surface area (TPSA) is 29.3 Å². The molecule has 1 atom stereocenters. The summed E-state index contributed by atoms with van der Waals surface area (Å²) in [5.74, 6) is 0. The molecule has 0 saturated carbocycles. The van der Waals surface area contributed by atoms with E-state index < -0.39 is 14.2 Å². The van der Waals surface area contributed by atoms with Crippen molar-refractivity contribution in [3.63, 3.8) is 0 Å². The number of fused-ring (bicyclic) bond motifs is 6. The average Bonchev–Trinajstić information content (AvgIpc) is 3.62. The molecule has 262 valence electrons. The number of hydrogen-bond donors (Lipinski definition) is 0. The molecule has 0 fully saturated rings. The van der Waals surface area contributed by atoms with Gasteiger partial charge >= 0.3 is 0 Å². The molecule has 0 aliphatic carbocycles. The molecule has 1 aliphatic heterocycles. The van der Waals surface area contributed by atoms with E-state index in [9.17, 15) is 0 Å². The molecule has 2 aromatic heterocycles. The molecule has 3 heterocycles. The first-order valence-electron chi connectivity index (χ1n) is 17.7. The number of alkyl halides is 1. The van der Waals surface area contributed by atoms with E-state index in [0.29, 0.717) is 11.1 Å². The average molecular weight is 804 g/mol. The normalized spacial score (nSPS) is 13.5. The van der Waals surface area contributed by atoms with Gasteiger partial charge in [0.05, 0.1) is 0 Å². The standard InChI is InChI=1S/C48H30FN2OSi.Pd/c49-46(34-16-13-15-33(31-34)41-24-11-12-30-50-41)35-17-14-18-36(32-35)51-42-25-8-10-27-45(42)53(37-19-3-1-4-20-37,38-21-5-2-6-22-38)48-43(51)29-28-40-39-23-7-9-26-44(39)52-47(40)48;/h1-24,26-30,46H;/q-3;. The summed E-state index contributed by atoms with van der Waals surface area (Å²) in [5, 5.41) is 6.93. The van der Waals surface area contributed by atoms with E-state index in [2.05, 4.69) is 125 Å². The van der Waals surface area contributed by atoms with E-state index in [0.717, 1.165) is 55.4 Å². The van der Waals surface area contributed by atoms with E-state index in [-0.39, 0.29) is 20.4 Å². The fraction of sp³-hybridized carbons (Fsp3) is 0.0208. The van der Waals surface area contributed by atoms with Crippen molar-refractivity contribution >= 4 is 67.8 Å². The van der Waals surface area contributed by atoms with Crippen LogP contribution in [0.1, 0.15) is 17.3 Å². The Hall–Kier alpha value is -5.90. The third-order valence-electron chi connectivity index (χ3n) is 10.4. The Kier molecular flexibility index (Phi) is 8.68. The molecule has 10 rings (SSSR count). The summed E-state index contributed by atoms with van der Waals surface area (Å²) < 4.78 is 23.6. The second-order valence-corrected chi connectivity index (χ2v) is 17.0. The predicted octanol–water partition coefficient (Wildman–Crippen LogP) is 9.27. The molecular formula is C48H30FN2OPdSi-3. The third kappa shape index (κ3) is 5.29. The van der Waals surface area contributed by atoms with Crippen LogP contribution in [0.4, 0.5) is 21.5 Å². The number of rotatable bonds is 6. The SMILES string of the molecule is FC(c1[c-]c(-c2ccccn2)ccc1)c1[c-]c(N2c3[c-]cccc3[Si](c3ccccc3)(c3ccccc3)c3c2ccc2c3oc3ccccc32)ccc1.[Pd]. The molecule has 7 aromatic carbocycles. The Morgan fingerprint density at radius 2 is 1.33 bits per heavy atom. The maximum absolute atomic E-state index is 16.7. The quantitative estimate of drug-likeness (QED) is 0.124. The molecule has 0 N–H and O–H groups in total. The molecule has 1 unspecified atom stereocenters. The summed E-state index contributed by atoms with van der Waals surface area (Å²) in [6.07, 6.45) is 0.277. The first-order chi connectivity index (χ1) is 26.2. The van der Waals surface area contributed by atoms with Crippen LogP contribution in [0.25, 0.3) is 33.2 Å². The minimum atomic E-state index is -3.07. The van der Waals surface area contributed by atoms with Crippen LogP contribution >= 0.6 is 0 Å². The molecule has 3 nitrogen and oxygen atoms in total. The maximum Gasteiger partial charge on any atom is 0.136 e. The van der Waals surface area contributed by atoms with E-state index >= 15 is 4.39 Å². The molecule has 0 amide bonds. The minimum Gasteiger partial charge on any atom is -0.456 e. The number of anilines is 3. The summed E-state index contributed by atoms with van der Waals surface area (Å²) in [5.41, 5.74) is 6.65. The van der Waals surface area contributed by atoms with Crippen molar-refractivity contribution in [2.75, 3.05) is 4.90 Å². The summed E-state index contributed by atoms with van der Waals surface area (Å²) >= 11 is 0. The van der Waals surface area contributed by atoms with Crippen molar-refractivity contribution in [2.24, 2.45) is 0 Å². The van der Waals surface area contributed by atoms with Crippen molar-refractivity contribution in [3.8, 4) is 11.3 Å². The monoisotopic (exact) mass is 803 g/mol. The molecule has 0 saturated heterocycles. The summed E-state index contributed by atoms with van der Waals surface area (Å²) in [6.45, 7) is 0. The van der Waals surface area contributed by atoms with E-state index in [1.54, 1.807) is 18.3 Å². The molecule has 0 spiro atoms. The van der Waals surface area contributed by atoms with Crippen molar-refractivity contribution in [3.05, 3.63) is 205 Å². The Morgan fingerprint density at radius 1 is 0.630 bits per heavy atom. The van der Waals surface area contributed by atoms with Crippen LogP contribution in [0.15, 0.2) is 180 Å². The number of hydrogen-bond acceptors (Lipinski definition) is 3. The number of aromatic nitrogens is 1. The number of furan rings is 1. The van der Waals surface area contributed by atoms with Gasteiger partial charge < -0.3 is 14.3 Å². The van der Waals surface area contributed by atoms with Crippen LogP contribution in [0.5, 0.6) is 0 Å². The van der Waals surface area contributed by atoms with Gasteiger partial charge in [-0.3, -0.25) is 0 Å². The molecule has 0 radical (unpaired) electrons. The maximum atomic E-state index is 16.7. The van der Waals surface area contributed by atoms with Gasteiger partial charge in [0.15, 0.2) is 0 Å². The van der Waals surface area contributed by atoms with Gasteiger partial charge in [0.2, 0.25) is 0 Å². The van der Waals surface area contributed by atoms with Crippen molar-refractivity contribution in [2.45, 2.75) is 6.17 Å². The van der Waals surface area contributed by atoms with Gasteiger partial charge in [-0.15, -0.1) is 46.6 Å². The molecule has 54 heavy (non-hydrogen) atoms. The minimum absolute atomic E-state index is 0. The fourth-order valence-corrected chi connectivity index (χ4v) is 13.3. The van der Waals surface area contributed by atoms with Gasteiger partial charge in [-0.1, -0.05) is 118 Å². The van der Waals surface area contributed by atoms with Crippen molar-refractivity contribution in [1.82, 2.24) is 4.98 Å². The van der Waals surface area contributed by atoms with Crippen molar-refractivity contribution in [1.29, 1.82) is 0 Å². The second-order valence-electron chi connectivity index (χ2n) is 13.3.